The zero-order chi connectivity index (χ0) is 9.56. The van der Waals surface area contributed by atoms with Gasteiger partial charge in [0.15, 0.2) is 0 Å². The lowest BCUT2D eigenvalue weighted by Gasteiger charge is -2.12. The first kappa shape index (κ1) is 10.4. The lowest BCUT2D eigenvalue weighted by molar-refractivity contribution is -0.164. The van der Waals surface area contributed by atoms with Crippen LogP contribution in [0.3, 0.4) is 0 Å². The van der Waals surface area contributed by atoms with Gasteiger partial charge in [-0.05, 0) is 0 Å². The molecule has 0 aromatic rings. The first-order valence-corrected chi connectivity index (χ1v) is 3.19. The van der Waals surface area contributed by atoms with Gasteiger partial charge in [-0.1, -0.05) is 0 Å². The lowest BCUT2D eigenvalue weighted by Crippen LogP contribution is -2.28. The van der Waals surface area contributed by atoms with E-state index in [-0.39, 0.29) is 12.8 Å². The minimum absolute atomic E-state index is 0.0483. The predicted molar refractivity (Wildman–Crippen MR) is 37.2 cm³/mol. The highest BCUT2D eigenvalue weighted by Gasteiger charge is 2.11. The van der Waals surface area contributed by atoms with Crippen LogP contribution in [0.1, 0.15) is 12.8 Å². The summed E-state index contributed by atoms with van der Waals surface area (Å²) in [5, 5.41) is 8.65. The summed E-state index contributed by atoms with van der Waals surface area (Å²) in [6, 6.07) is 0. The minimum atomic E-state index is -1.56. The normalized spacial score (nSPS) is 8.75. The van der Waals surface area contributed by atoms with Gasteiger partial charge >= 0.3 is 6.16 Å². The van der Waals surface area contributed by atoms with Crippen molar-refractivity contribution in [3.05, 3.63) is 0 Å². The fraction of sp³-hybridized carbons (Fsp3) is 0.500. The summed E-state index contributed by atoms with van der Waals surface area (Å²) >= 11 is 0. The smallest absolute Gasteiger partial charge is 0.448 e. The molecule has 0 saturated heterocycles. The predicted octanol–water partition coefficient (Wildman–Crippen LogP) is 0.0335. The molecule has 0 aliphatic carbocycles. The second kappa shape index (κ2) is 5.11. The van der Waals surface area contributed by atoms with Crippen molar-refractivity contribution in [2.75, 3.05) is 7.05 Å². The van der Waals surface area contributed by atoms with Crippen molar-refractivity contribution < 1.29 is 24.3 Å². The maximum atomic E-state index is 10.8. The Morgan fingerprint density at radius 1 is 1.58 bits per heavy atom. The zero-order valence-electron chi connectivity index (χ0n) is 6.52. The Hall–Kier alpha value is -1.59. The molecule has 0 unspecified atom stereocenters. The molecule has 0 atom stereocenters. The van der Waals surface area contributed by atoms with E-state index in [9.17, 15) is 14.4 Å². The third-order valence-electron chi connectivity index (χ3n) is 1.04. The highest BCUT2D eigenvalue weighted by molar-refractivity contribution is 5.78. The highest BCUT2D eigenvalue weighted by atomic mass is 16.8. The van der Waals surface area contributed by atoms with Crippen molar-refractivity contribution in [3.8, 4) is 0 Å². The summed E-state index contributed by atoms with van der Waals surface area (Å²) < 4.78 is 0. The Labute approximate surface area is 68.7 Å². The fourth-order valence-electron chi connectivity index (χ4n) is 0.508. The van der Waals surface area contributed by atoms with E-state index in [0.717, 1.165) is 0 Å². The van der Waals surface area contributed by atoms with E-state index in [1.165, 1.54) is 7.05 Å². The maximum absolute atomic E-state index is 10.8. The van der Waals surface area contributed by atoms with Gasteiger partial charge < -0.3 is 14.7 Å². The van der Waals surface area contributed by atoms with Gasteiger partial charge in [0.2, 0.25) is 0 Å². The van der Waals surface area contributed by atoms with Gasteiger partial charge in [0.25, 0.3) is 5.91 Å². The van der Waals surface area contributed by atoms with E-state index >= 15 is 0 Å². The zero-order valence-corrected chi connectivity index (χ0v) is 6.52. The van der Waals surface area contributed by atoms with Gasteiger partial charge in [0, 0.05) is 19.9 Å². The number of amides is 1. The summed E-state index contributed by atoms with van der Waals surface area (Å²) in [6.45, 7) is 0. The van der Waals surface area contributed by atoms with Crippen LogP contribution in [0, 0.1) is 0 Å². The summed E-state index contributed by atoms with van der Waals surface area (Å²) in [7, 11) is 1.17. The molecule has 68 valence electrons. The maximum Gasteiger partial charge on any atom is 0.530 e. The molecule has 0 aromatic heterocycles. The van der Waals surface area contributed by atoms with Crippen LogP contribution in [0.25, 0.3) is 0 Å². The second-order valence-electron chi connectivity index (χ2n) is 1.95. The van der Waals surface area contributed by atoms with Crippen LogP contribution >= 0.6 is 0 Å². The SMILES string of the molecule is CN(OC(=O)O)C(=O)CCC=O. The number of carbonyl (C=O) groups excluding carboxylic acids is 2. The number of rotatable bonds is 3. The Balaban J connectivity index is 3.76. The van der Waals surface area contributed by atoms with Gasteiger partial charge in [-0.3, -0.25) is 4.79 Å². The van der Waals surface area contributed by atoms with Crippen LogP contribution in [0.4, 0.5) is 4.79 Å². The van der Waals surface area contributed by atoms with Crippen molar-refractivity contribution in [1.82, 2.24) is 5.06 Å². The van der Waals surface area contributed by atoms with E-state index in [0.29, 0.717) is 11.3 Å². The van der Waals surface area contributed by atoms with Crippen molar-refractivity contribution >= 4 is 18.3 Å². The van der Waals surface area contributed by atoms with E-state index < -0.39 is 12.1 Å². The van der Waals surface area contributed by atoms with E-state index in [2.05, 4.69) is 4.84 Å². The Kier molecular flexibility index (Phi) is 4.43. The molecule has 0 aliphatic rings. The molecule has 12 heavy (non-hydrogen) atoms. The summed E-state index contributed by atoms with van der Waals surface area (Å²) in [4.78, 5) is 34.5. The molecule has 6 heteroatoms. The molecule has 1 N–H and O–H groups in total. The standard InChI is InChI=1S/C6H9NO5/c1-7(12-6(10)11)5(9)3-2-4-8/h4H,2-3H2,1H3,(H,10,11). The highest BCUT2D eigenvalue weighted by Crippen LogP contribution is 1.94. The summed E-state index contributed by atoms with van der Waals surface area (Å²) in [5.41, 5.74) is 0. The molecule has 0 rings (SSSR count). The average Bonchev–Trinajstić information content (AvgIpc) is 1.98. The molecule has 0 saturated carbocycles. The van der Waals surface area contributed by atoms with Gasteiger partial charge in [0.1, 0.15) is 6.29 Å². The lowest BCUT2D eigenvalue weighted by atomic mass is 10.3. The number of carboxylic acid groups (broad SMARTS) is 1. The van der Waals surface area contributed by atoms with Crippen molar-refractivity contribution in [2.24, 2.45) is 0 Å². The van der Waals surface area contributed by atoms with Gasteiger partial charge in [-0.25, -0.2) is 4.79 Å². The molecule has 0 fully saturated rings. The molecule has 1 amide bonds. The van der Waals surface area contributed by atoms with Crippen molar-refractivity contribution in [1.29, 1.82) is 0 Å². The molecule has 0 radical (unpaired) electrons. The van der Waals surface area contributed by atoms with Crippen molar-refractivity contribution in [3.63, 3.8) is 0 Å². The van der Waals surface area contributed by atoms with Crippen LogP contribution in [-0.4, -0.2) is 35.6 Å². The largest absolute Gasteiger partial charge is 0.530 e. The first-order valence-electron chi connectivity index (χ1n) is 3.19. The van der Waals surface area contributed by atoms with Crippen LogP contribution in [0.15, 0.2) is 0 Å². The Morgan fingerprint density at radius 3 is 2.58 bits per heavy atom. The van der Waals surface area contributed by atoms with E-state index in [1.807, 2.05) is 0 Å². The number of nitrogens with zero attached hydrogens (tertiary/aromatic N) is 1. The summed E-state index contributed by atoms with van der Waals surface area (Å²) in [6.07, 6.45) is -0.969. The van der Waals surface area contributed by atoms with E-state index in [1.54, 1.807) is 0 Å². The summed E-state index contributed by atoms with van der Waals surface area (Å²) in [5.74, 6) is -0.551. The molecular weight excluding hydrogens is 166 g/mol. The van der Waals surface area contributed by atoms with E-state index in [4.69, 9.17) is 5.11 Å². The van der Waals surface area contributed by atoms with Crippen LogP contribution in [-0.2, 0) is 14.4 Å². The monoisotopic (exact) mass is 175 g/mol. The van der Waals surface area contributed by atoms with Crippen LogP contribution in [0.5, 0.6) is 0 Å². The topological polar surface area (TPSA) is 83.9 Å². The number of hydroxylamine groups is 2. The Bertz CT molecular complexity index is 190. The second-order valence-corrected chi connectivity index (χ2v) is 1.95. The molecule has 0 heterocycles. The molecular formula is C6H9NO5. The third kappa shape index (κ3) is 4.26. The molecule has 0 aliphatic heterocycles. The third-order valence-corrected chi connectivity index (χ3v) is 1.04. The van der Waals surface area contributed by atoms with Gasteiger partial charge in [-0.15, -0.1) is 0 Å². The number of hydrogen-bond acceptors (Lipinski definition) is 4. The molecule has 0 bridgehead atoms. The quantitative estimate of drug-likeness (QED) is 0.483. The number of aldehydes is 1. The molecule has 0 spiro atoms. The number of carbonyl (C=O) groups is 3. The van der Waals surface area contributed by atoms with Gasteiger partial charge in [0.05, 0.1) is 0 Å². The fourth-order valence-corrected chi connectivity index (χ4v) is 0.508. The molecule has 0 aromatic carbocycles. The number of hydrogen-bond donors (Lipinski definition) is 1. The minimum Gasteiger partial charge on any atom is -0.448 e. The van der Waals surface area contributed by atoms with Crippen LogP contribution in [0.2, 0.25) is 0 Å². The first-order chi connectivity index (χ1) is 5.57. The van der Waals surface area contributed by atoms with Gasteiger partial charge in [-0.2, -0.15) is 5.06 Å². The van der Waals surface area contributed by atoms with Crippen molar-refractivity contribution in [2.45, 2.75) is 12.8 Å². The Morgan fingerprint density at radius 2 is 2.17 bits per heavy atom. The average molecular weight is 175 g/mol. The van der Waals surface area contributed by atoms with Crippen LogP contribution < -0.4 is 0 Å². The molecule has 6 nitrogen and oxygen atoms in total.